The number of carbonyl (C=O) groups is 1. The van der Waals surface area contributed by atoms with Crippen LogP contribution < -0.4 is 5.32 Å². The molecule has 1 aromatic carbocycles. The van der Waals surface area contributed by atoms with E-state index < -0.39 is 0 Å². The van der Waals surface area contributed by atoms with Crippen molar-refractivity contribution in [3.8, 4) is 0 Å². The Hall–Kier alpha value is -0.770. The largest absolute Gasteiger partial charge is 0.352 e. The topological polar surface area (TPSA) is 32.3 Å². The predicted octanol–water partition coefficient (Wildman–Crippen LogP) is 3.99. The van der Waals surface area contributed by atoms with Gasteiger partial charge < -0.3 is 10.2 Å². The average molecular weight is 329 g/mol. The van der Waals surface area contributed by atoms with Crippen LogP contribution in [0.1, 0.15) is 42.5 Å². The molecule has 1 aromatic rings. The van der Waals surface area contributed by atoms with Crippen LogP contribution in [-0.2, 0) is 0 Å². The summed E-state index contributed by atoms with van der Waals surface area (Å²) in [5.41, 5.74) is 0.483. The van der Waals surface area contributed by atoms with Crippen LogP contribution in [0, 0.1) is 0 Å². The summed E-state index contributed by atoms with van der Waals surface area (Å²) >= 11 is 11.8. The van der Waals surface area contributed by atoms with Crippen molar-refractivity contribution < 1.29 is 4.79 Å². The third-order valence-corrected chi connectivity index (χ3v) is 4.36. The number of benzene rings is 1. The average Bonchev–Trinajstić information content (AvgIpc) is 2.47. The highest BCUT2D eigenvalue weighted by Gasteiger charge is 2.11. The van der Waals surface area contributed by atoms with E-state index in [1.807, 2.05) is 0 Å². The molecule has 0 atom stereocenters. The molecule has 0 bridgehead atoms. The van der Waals surface area contributed by atoms with E-state index in [4.69, 9.17) is 23.2 Å². The summed E-state index contributed by atoms with van der Waals surface area (Å²) in [6, 6.07) is 4.93. The molecule has 21 heavy (non-hydrogen) atoms. The molecular weight excluding hydrogens is 307 g/mol. The molecule has 0 unspecified atom stereocenters. The van der Waals surface area contributed by atoms with Gasteiger partial charge in [-0.05, 0) is 63.5 Å². The molecule has 1 saturated heterocycles. The van der Waals surface area contributed by atoms with Crippen molar-refractivity contribution in [1.29, 1.82) is 0 Å². The molecule has 116 valence electrons. The van der Waals surface area contributed by atoms with Gasteiger partial charge in [-0.2, -0.15) is 0 Å². The molecule has 0 radical (unpaired) electrons. The molecule has 0 aliphatic carbocycles. The van der Waals surface area contributed by atoms with E-state index in [9.17, 15) is 4.79 Å². The van der Waals surface area contributed by atoms with Crippen LogP contribution >= 0.6 is 23.2 Å². The van der Waals surface area contributed by atoms with E-state index in [0.717, 1.165) is 19.4 Å². The van der Waals surface area contributed by atoms with Gasteiger partial charge in [-0.1, -0.05) is 29.6 Å². The molecular formula is C16H22Cl2N2O. The first-order chi connectivity index (χ1) is 10.2. The second-order valence-corrected chi connectivity index (χ2v) is 6.33. The van der Waals surface area contributed by atoms with Crippen LogP contribution in [0.15, 0.2) is 18.2 Å². The van der Waals surface area contributed by atoms with E-state index in [1.54, 1.807) is 18.2 Å². The number of likely N-dealkylation sites (tertiary alicyclic amines) is 1. The fourth-order valence-electron chi connectivity index (χ4n) is 2.61. The van der Waals surface area contributed by atoms with Gasteiger partial charge in [0.25, 0.3) is 5.91 Å². The SMILES string of the molecule is O=C(NCCCCN1CCCCC1)c1ccc(Cl)cc1Cl. The first-order valence-electron chi connectivity index (χ1n) is 7.62. The Morgan fingerprint density at radius 2 is 1.90 bits per heavy atom. The molecule has 3 nitrogen and oxygen atoms in total. The van der Waals surface area contributed by atoms with Crippen molar-refractivity contribution in [3.63, 3.8) is 0 Å². The lowest BCUT2D eigenvalue weighted by Gasteiger charge is -2.26. The quantitative estimate of drug-likeness (QED) is 0.801. The lowest BCUT2D eigenvalue weighted by Crippen LogP contribution is -2.31. The Morgan fingerprint density at radius 1 is 1.14 bits per heavy atom. The Kier molecular flexibility index (Phi) is 6.81. The standard InChI is InChI=1S/C16H22Cl2N2O/c17-13-6-7-14(15(18)12-13)16(21)19-8-2-5-11-20-9-3-1-4-10-20/h6-7,12H,1-5,8-11H2,(H,19,21). The molecule has 1 aliphatic rings. The van der Waals surface area contributed by atoms with Gasteiger partial charge in [0.05, 0.1) is 10.6 Å². The van der Waals surface area contributed by atoms with E-state index in [-0.39, 0.29) is 5.91 Å². The van der Waals surface area contributed by atoms with Crippen molar-refractivity contribution in [2.24, 2.45) is 0 Å². The maximum Gasteiger partial charge on any atom is 0.252 e. The molecule has 1 amide bonds. The maximum absolute atomic E-state index is 12.0. The number of piperidine rings is 1. The highest BCUT2D eigenvalue weighted by atomic mass is 35.5. The summed E-state index contributed by atoms with van der Waals surface area (Å²) in [5, 5.41) is 3.85. The third kappa shape index (κ3) is 5.50. The Balaban J connectivity index is 1.64. The number of nitrogens with one attached hydrogen (secondary N) is 1. The van der Waals surface area contributed by atoms with Gasteiger partial charge in [0.2, 0.25) is 0 Å². The van der Waals surface area contributed by atoms with Crippen molar-refractivity contribution in [3.05, 3.63) is 33.8 Å². The second kappa shape index (κ2) is 8.62. The molecule has 2 rings (SSSR count). The van der Waals surface area contributed by atoms with Crippen molar-refractivity contribution >= 4 is 29.1 Å². The molecule has 5 heteroatoms. The number of halogens is 2. The summed E-state index contributed by atoms with van der Waals surface area (Å²) in [5.74, 6) is -0.130. The van der Waals surface area contributed by atoms with Crippen LogP contribution in [-0.4, -0.2) is 37.0 Å². The third-order valence-electron chi connectivity index (χ3n) is 3.81. The summed E-state index contributed by atoms with van der Waals surface area (Å²) < 4.78 is 0. The number of carbonyl (C=O) groups excluding carboxylic acids is 1. The van der Waals surface area contributed by atoms with Crippen LogP contribution in [0.4, 0.5) is 0 Å². The Morgan fingerprint density at radius 3 is 2.62 bits per heavy atom. The number of hydrogen-bond donors (Lipinski definition) is 1. The second-order valence-electron chi connectivity index (χ2n) is 5.49. The van der Waals surface area contributed by atoms with Gasteiger partial charge in [0.1, 0.15) is 0 Å². The van der Waals surface area contributed by atoms with Crippen molar-refractivity contribution in [1.82, 2.24) is 10.2 Å². The fraction of sp³-hybridized carbons (Fsp3) is 0.562. The van der Waals surface area contributed by atoms with Gasteiger partial charge >= 0.3 is 0 Å². The minimum atomic E-state index is -0.130. The van der Waals surface area contributed by atoms with E-state index in [2.05, 4.69) is 10.2 Å². The Bertz CT molecular complexity index is 473. The number of unbranched alkanes of at least 4 members (excludes halogenated alkanes) is 1. The van der Waals surface area contributed by atoms with Gasteiger partial charge in [-0.15, -0.1) is 0 Å². The Labute approximate surface area is 136 Å². The molecule has 1 heterocycles. The summed E-state index contributed by atoms with van der Waals surface area (Å²) in [6.07, 6.45) is 6.13. The summed E-state index contributed by atoms with van der Waals surface area (Å²) in [7, 11) is 0. The lowest BCUT2D eigenvalue weighted by molar-refractivity contribution is 0.0952. The molecule has 0 aromatic heterocycles. The number of hydrogen-bond acceptors (Lipinski definition) is 2. The summed E-state index contributed by atoms with van der Waals surface area (Å²) in [6.45, 7) is 4.28. The lowest BCUT2D eigenvalue weighted by atomic mass is 10.1. The van der Waals surface area contributed by atoms with Gasteiger partial charge in [-0.25, -0.2) is 0 Å². The van der Waals surface area contributed by atoms with E-state index in [1.165, 1.54) is 32.4 Å². The van der Waals surface area contributed by atoms with Crippen molar-refractivity contribution in [2.75, 3.05) is 26.2 Å². The smallest absolute Gasteiger partial charge is 0.252 e. The molecule has 1 N–H and O–H groups in total. The van der Waals surface area contributed by atoms with Crippen LogP contribution in [0.25, 0.3) is 0 Å². The fourth-order valence-corrected chi connectivity index (χ4v) is 3.11. The highest BCUT2D eigenvalue weighted by molar-refractivity contribution is 6.36. The zero-order chi connectivity index (χ0) is 15.1. The minimum Gasteiger partial charge on any atom is -0.352 e. The van der Waals surface area contributed by atoms with E-state index >= 15 is 0 Å². The summed E-state index contributed by atoms with van der Waals surface area (Å²) in [4.78, 5) is 14.5. The predicted molar refractivity (Wildman–Crippen MR) is 88.3 cm³/mol. The normalized spacial score (nSPS) is 15.9. The van der Waals surface area contributed by atoms with E-state index in [0.29, 0.717) is 22.2 Å². The minimum absolute atomic E-state index is 0.130. The molecule has 0 saturated carbocycles. The zero-order valence-electron chi connectivity index (χ0n) is 12.2. The van der Waals surface area contributed by atoms with Gasteiger partial charge in [0, 0.05) is 11.6 Å². The molecule has 1 aliphatic heterocycles. The number of nitrogens with zero attached hydrogens (tertiary/aromatic N) is 1. The van der Waals surface area contributed by atoms with Gasteiger partial charge in [-0.3, -0.25) is 4.79 Å². The number of amides is 1. The van der Waals surface area contributed by atoms with Crippen molar-refractivity contribution in [2.45, 2.75) is 32.1 Å². The van der Waals surface area contributed by atoms with Crippen LogP contribution in [0.2, 0.25) is 10.0 Å². The number of rotatable bonds is 6. The molecule has 0 spiro atoms. The van der Waals surface area contributed by atoms with Gasteiger partial charge in [0.15, 0.2) is 0 Å². The zero-order valence-corrected chi connectivity index (χ0v) is 13.7. The molecule has 1 fully saturated rings. The highest BCUT2D eigenvalue weighted by Crippen LogP contribution is 2.20. The van der Waals surface area contributed by atoms with Crippen LogP contribution in [0.3, 0.4) is 0 Å². The monoisotopic (exact) mass is 328 g/mol. The first-order valence-corrected chi connectivity index (χ1v) is 8.38. The maximum atomic E-state index is 12.0. The van der Waals surface area contributed by atoms with Crippen LogP contribution in [0.5, 0.6) is 0 Å². The first kappa shape index (κ1) is 16.6.